The first-order chi connectivity index (χ1) is 9.28. The number of likely N-dealkylation sites (tertiary alicyclic amines) is 1. The molecule has 0 spiro atoms. The van der Waals surface area contributed by atoms with E-state index in [1.165, 1.54) is 51.6 Å². The van der Waals surface area contributed by atoms with Gasteiger partial charge in [-0.15, -0.1) is 0 Å². The molecule has 0 aromatic heterocycles. The third kappa shape index (κ3) is 2.98. The van der Waals surface area contributed by atoms with Crippen LogP contribution >= 0.6 is 0 Å². The second-order valence-electron chi connectivity index (χ2n) is 7.08. The van der Waals surface area contributed by atoms with Gasteiger partial charge in [0.15, 0.2) is 0 Å². The molecular weight excluding hydrogens is 236 g/mol. The molecule has 3 aliphatic rings. The zero-order chi connectivity index (χ0) is 13.2. The zero-order valence-electron chi connectivity index (χ0n) is 12.4. The van der Waals surface area contributed by atoms with Gasteiger partial charge in [0.1, 0.15) is 0 Å². The Labute approximate surface area is 117 Å². The number of fused-ring (bicyclic) bond motifs is 1. The maximum Gasteiger partial charge on any atom is 0.0583 e. The van der Waals surface area contributed by atoms with Gasteiger partial charge in [0.25, 0.3) is 0 Å². The van der Waals surface area contributed by atoms with Crippen LogP contribution < -0.4 is 5.32 Å². The average Bonchev–Trinajstić information content (AvgIpc) is 2.86. The molecule has 2 aliphatic carbocycles. The van der Waals surface area contributed by atoms with Crippen molar-refractivity contribution >= 4 is 0 Å². The van der Waals surface area contributed by atoms with Gasteiger partial charge in [-0.25, -0.2) is 0 Å². The van der Waals surface area contributed by atoms with Crippen molar-refractivity contribution in [3.63, 3.8) is 0 Å². The van der Waals surface area contributed by atoms with E-state index in [1.807, 2.05) is 0 Å². The third-order valence-corrected chi connectivity index (χ3v) is 5.92. The second kappa shape index (κ2) is 6.11. The lowest BCUT2D eigenvalue weighted by Crippen LogP contribution is -2.40. The molecule has 3 nitrogen and oxygen atoms in total. The summed E-state index contributed by atoms with van der Waals surface area (Å²) in [5.41, 5.74) is 0. The molecule has 3 rings (SSSR count). The highest BCUT2D eigenvalue weighted by Crippen LogP contribution is 2.38. The number of aliphatic hydroxyl groups excluding tert-OH is 1. The molecular formula is C16H30N2O. The Balaban J connectivity index is 1.55. The smallest absolute Gasteiger partial charge is 0.0583 e. The fourth-order valence-electron chi connectivity index (χ4n) is 4.79. The molecule has 110 valence electrons. The summed E-state index contributed by atoms with van der Waals surface area (Å²) < 4.78 is 0. The van der Waals surface area contributed by atoms with Gasteiger partial charge in [-0.3, -0.25) is 0 Å². The van der Waals surface area contributed by atoms with Crippen LogP contribution in [-0.2, 0) is 0 Å². The molecule has 19 heavy (non-hydrogen) atoms. The van der Waals surface area contributed by atoms with E-state index in [0.717, 1.165) is 24.8 Å². The normalized spacial score (nSPS) is 44.2. The highest BCUT2D eigenvalue weighted by molar-refractivity contribution is 4.94. The third-order valence-electron chi connectivity index (χ3n) is 5.92. The predicted molar refractivity (Wildman–Crippen MR) is 78.1 cm³/mol. The van der Waals surface area contributed by atoms with Gasteiger partial charge in [0.05, 0.1) is 6.10 Å². The standard InChI is InChI=1S/C16H30N2O/c1-17-15-6-4-2-3-5-13(15)10-18-9-12-7-8-16(19)14(12)11-18/h12-17,19H,2-11H2,1H3. The molecule has 0 radical (unpaired) electrons. The Morgan fingerprint density at radius 2 is 1.89 bits per heavy atom. The Bertz CT molecular complexity index is 296. The van der Waals surface area contributed by atoms with Crippen LogP contribution in [0.3, 0.4) is 0 Å². The number of nitrogens with zero attached hydrogens (tertiary/aromatic N) is 1. The number of rotatable bonds is 3. The van der Waals surface area contributed by atoms with Crippen molar-refractivity contribution in [2.75, 3.05) is 26.7 Å². The monoisotopic (exact) mass is 266 g/mol. The molecule has 0 amide bonds. The number of hydrogen-bond donors (Lipinski definition) is 2. The number of aliphatic hydroxyl groups is 1. The molecule has 3 heteroatoms. The van der Waals surface area contributed by atoms with Crippen molar-refractivity contribution in [1.29, 1.82) is 0 Å². The molecule has 1 heterocycles. The van der Waals surface area contributed by atoms with Crippen LogP contribution in [0.1, 0.15) is 44.9 Å². The van der Waals surface area contributed by atoms with Crippen molar-refractivity contribution in [3.05, 3.63) is 0 Å². The molecule has 2 N–H and O–H groups in total. The zero-order valence-corrected chi connectivity index (χ0v) is 12.4. The van der Waals surface area contributed by atoms with Crippen molar-refractivity contribution in [2.45, 2.75) is 57.1 Å². The summed E-state index contributed by atoms with van der Waals surface area (Å²) >= 11 is 0. The number of nitrogens with one attached hydrogen (secondary N) is 1. The minimum absolute atomic E-state index is 0.00997. The van der Waals surface area contributed by atoms with Gasteiger partial charge >= 0.3 is 0 Å². The van der Waals surface area contributed by atoms with E-state index in [4.69, 9.17) is 0 Å². The van der Waals surface area contributed by atoms with E-state index >= 15 is 0 Å². The van der Waals surface area contributed by atoms with Crippen LogP contribution in [0.5, 0.6) is 0 Å². The summed E-state index contributed by atoms with van der Waals surface area (Å²) in [6.45, 7) is 3.65. The first-order valence-electron chi connectivity index (χ1n) is 8.35. The maximum absolute atomic E-state index is 10.0. The summed E-state index contributed by atoms with van der Waals surface area (Å²) in [5.74, 6) is 2.19. The molecule has 0 bridgehead atoms. The molecule has 0 aromatic rings. The minimum atomic E-state index is -0.00997. The Hall–Kier alpha value is -0.120. The van der Waals surface area contributed by atoms with Gasteiger partial charge in [-0.05, 0) is 44.6 Å². The largest absolute Gasteiger partial charge is 0.393 e. The molecule has 1 saturated heterocycles. The predicted octanol–water partition coefficient (Wildman–Crippen LogP) is 1.86. The van der Waals surface area contributed by atoms with Gasteiger partial charge in [0, 0.05) is 31.6 Å². The van der Waals surface area contributed by atoms with Gasteiger partial charge in [-0.1, -0.05) is 19.3 Å². The summed E-state index contributed by atoms with van der Waals surface area (Å²) in [4.78, 5) is 2.65. The fourth-order valence-corrected chi connectivity index (χ4v) is 4.79. The minimum Gasteiger partial charge on any atom is -0.393 e. The van der Waals surface area contributed by atoms with E-state index in [1.54, 1.807) is 0 Å². The molecule has 1 aliphatic heterocycles. The maximum atomic E-state index is 10.0. The van der Waals surface area contributed by atoms with Crippen molar-refractivity contribution in [2.24, 2.45) is 17.8 Å². The van der Waals surface area contributed by atoms with E-state index in [9.17, 15) is 5.11 Å². The van der Waals surface area contributed by atoms with Crippen LogP contribution in [0.4, 0.5) is 0 Å². The molecule has 0 aromatic carbocycles. The fraction of sp³-hybridized carbons (Fsp3) is 1.00. The lowest BCUT2D eigenvalue weighted by atomic mass is 9.94. The SMILES string of the molecule is CNC1CCCCCC1CN1CC2CCC(O)C2C1. The van der Waals surface area contributed by atoms with Crippen LogP contribution in [0.2, 0.25) is 0 Å². The van der Waals surface area contributed by atoms with Crippen molar-refractivity contribution in [1.82, 2.24) is 10.2 Å². The van der Waals surface area contributed by atoms with E-state index < -0.39 is 0 Å². The van der Waals surface area contributed by atoms with E-state index in [2.05, 4.69) is 17.3 Å². The quantitative estimate of drug-likeness (QED) is 0.765. The highest BCUT2D eigenvalue weighted by Gasteiger charge is 2.42. The molecule has 3 fully saturated rings. The van der Waals surface area contributed by atoms with Gasteiger partial charge in [0.2, 0.25) is 0 Å². The lowest BCUT2D eigenvalue weighted by Gasteiger charge is -2.29. The Morgan fingerprint density at radius 3 is 2.68 bits per heavy atom. The first kappa shape index (κ1) is 13.8. The van der Waals surface area contributed by atoms with Crippen LogP contribution in [-0.4, -0.2) is 48.8 Å². The second-order valence-corrected chi connectivity index (χ2v) is 7.08. The summed E-state index contributed by atoms with van der Waals surface area (Å²) in [6, 6.07) is 0.716. The van der Waals surface area contributed by atoms with Crippen molar-refractivity contribution in [3.8, 4) is 0 Å². The molecule has 2 saturated carbocycles. The topological polar surface area (TPSA) is 35.5 Å². The number of hydrogen-bond acceptors (Lipinski definition) is 3. The van der Waals surface area contributed by atoms with Gasteiger partial charge < -0.3 is 15.3 Å². The Kier molecular flexibility index (Phi) is 4.45. The first-order valence-corrected chi connectivity index (χ1v) is 8.35. The Morgan fingerprint density at radius 1 is 1.05 bits per heavy atom. The summed E-state index contributed by atoms with van der Waals surface area (Å²) in [5, 5.41) is 13.6. The van der Waals surface area contributed by atoms with E-state index in [0.29, 0.717) is 12.0 Å². The average molecular weight is 266 g/mol. The van der Waals surface area contributed by atoms with Crippen LogP contribution in [0, 0.1) is 17.8 Å². The van der Waals surface area contributed by atoms with Crippen LogP contribution in [0.15, 0.2) is 0 Å². The summed E-state index contributed by atoms with van der Waals surface area (Å²) in [6.07, 6.45) is 9.25. The molecule has 5 unspecified atom stereocenters. The molecule has 5 atom stereocenters. The van der Waals surface area contributed by atoms with E-state index in [-0.39, 0.29) is 6.10 Å². The highest BCUT2D eigenvalue weighted by atomic mass is 16.3. The van der Waals surface area contributed by atoms with Crippen LogP contribution in [0.25, 0.3) is 0 Å². The lowest BCUT2D eigenvalue weighted by molar-refractivity contribution is 0.120. The van der Waals surface area contributed by atoms with Crippen molar-refractivity contribution < 1.29 is 5.11 Å². The summed E-state index contributed by atoms with van der Waals surface area (Å²) in [7, 11) is 2.13. The van der Waals surface area contributed by atoms with Gasteiger partial charge in [-0.2, -0.15) is 0 Å².